The molecular weight excluding hydrogens is 267 g/mol. The molecule has 1 aromatic heterocycles. The van der Waals surface area contributed by atoms with Crippen molar-refractivity contribution in [1.82, 2.24) is 4.57 Å². The van der Waals surface area contributed by atoms with Gasteiger partial charge in [-0.15, -0.1) is 0 Å². The van der Waals surface area contributed by atoms with Crippen LogP contribution in [0.2, 0.25) is 0 Å². The van der Waals surface area contributed by atoms with Crippen molar-refractivity contribution in [3.8, 4) is 0 Å². The second-order valence-electron chi connectivity index (χ2n) is 5.01. The van der Waals surface area contributed by atoms with Gasteiger partial charge in [0.2, 0.25) is 0 Å². The Bertz CT molecular complexity index is 797. The first-order chi connectivity index (χ1) is 10.1. The van der Waals surface area contributed by atoms with Crippen molar-refractivity contribution >= 4 is 22.5 Å². The topological polar surface area (TPSA) is 34.0 Å². The molecule has 4 heteroatoms. The number of benzene rings is 2. The van der Waals surface area contributed by atoms with Gasteiger partial charge in [-0.05, 0) is 36.8 Å². The minimum absolute atomic E-state index is 0.239. The number of aromatic nitrogens is 1. The molecule has 0 unspecified atom stereocenters. The molecule has 0 radical (unpaired) electrons. The fraction of sp³-hybridized carbons (Fsp3) is 0.118. The summed E-state index contributed by atoms with van der Waals surface area (Å²) in [5.41, 5.74) is 2.95. The maximum atomic E-state index is 13.2. The average Bonchev–Trinajstić information content (AvgIpc) is 2.71. The van der Waals surface area contributed by atoms with E-state index in [0.717, 1.165) is 16.5 Å². The van der Waals surface area contributed by atoms with Crippen molar-refractivity contribution in [2.45, 2.75) is 6.92 Å². The smallest absolute Gasteiger partial charge is 0.272 e. The van der Waals surface area contributed by atoms with E-state index in [-0.39, 0.29) is 11.7 Å². The molecular formula is C17H15FN2O. The van der Waals surface area contributed by atoms with Crippen molar-refractivity contribution in [2.75, 3.05) is 5.32 Å². The zero-order valence-electron chi connectivity index (χ0n) is 11.9. The highest BCUT2D eigenvalue weighted by Gasteiger charge is 2.18. The van der Waals surface area contributed by atoms with E-state index in [1.165, 1.54) is 12.1 Å². The summed E-state index contributed by atoms with van der Waals surface area (Å²) < 4.78 is 15.0. The first kappa shape index (κ1) is 13.4. The van der Waals surface area contributed by atoms with E-state index < -0.39 is 0 Å². The lowest BCUT2D eigenvalue weighted by molar-refractivity contribution is 0.101. The summed E-state index contributed by atoms with van der Waals surface area (Å²) in [4.78, 5) is 12.5. The Morgan fingerprint density at radius 3 is 2.62 bits per heavy atom. The molecule has 21 heavy (non-hydrogen) atoms. The average molecular weight is 282 g/mol. The summed E-state index contributed by atoms with van der Waals surface area (Å²) in [6.45, 7) is 1.92. The number of fused-ring (bicyclic) bond motifs is 1. The van der Waals surface area contributed by atoms with Gasteiger partial charge in [-0.2, -0.15) is 0 Å². The van der Waals surface area contributed by atoms with Crippen LogP contribution < -0.4 is 5.32 Å². The molecule has 0 aliphatic rings. The van der Waals surface area contributed by atoms with Crippen LogP contribution in [0.25, 0.3) is 10.9 Å². The summed E-state index contributed by atoms with van der Waals surface area (Å²) in [6.07, 6.45) is 0. The fourth-order valence-electron chi connectivity index (χ4n) is 2.66. The van der Waals surface area contributed by atoms with Gasteiger partial charge in [0.25, 0.3) is 5.91 Å². The second kappa shape index (κ2) is 5.05. The van der Waals surface area contributed by atoms with Gasteiger partial charge in [-0.25, -0.2) is 4.39 Å². The van der Waals surface area contributed by atoms with Gasteiger partial charge in [0.1, 0.15) is 11.5 Å². The highest BCUT2D eigenvalue weighted by molar-refractivity contribution is 6.08. The van der Waals surface area contributed by atoms with Crippen LogP contribution in [-0.2, 0) is 7.05 Å². The predicted molar refractivity (Wildman–Crippen MR) is 82.0 cm³/mol. The number of rotatable bonds is 2. The Morgan fingerprint density at radius 2 is 1.90 bits per heavy atom. The number of nitrogens with zero attached hydrogens (tertiary/aromatic N) is 1. The van der Waals surface area contributed by atoms with Gasteiger partial charge >= 0.3 is 0 Å². The number of hydrogen-bond donors (Lipinski definition) is 1. The molecule has 2 aromatic carbocycles. The maximum Gasteiger partial charge on any atom is 0.272 e. The number of para-hydroxylation sites is 1. The number of carbonyl (C=O) groups is 1. The number of halogens is 1. The lowest BCUT2D eigenvalue weighted by Gasteiger charge is -2.07. The highest BCUT2D eigenvalue weighted by atomic mass is 19.1. The van der Waals surface area contributed by atoms with Crippen molar-refractivity contribution in [3.05, 3.63) is 65.6 Å². The van der Waals surface area contributed by atoms with Crippen molar-refractivity contribution < 1.29 is 9.18 Å². The number of anilines is 1. The first-order valence-electron chi connectivity index (χ1n) is 6.69. The molecule has 0 saturated heterocycles. The van der Waals surface area contributed by atoms with Crippen LogP contribution in [-0.4, -0.2) is 10.5 Å². The van der Waals surface area contributed by atoms with E-state index in [1.807, 2.05) is 42.8 Å². The molecule has 1 heterocycles. The number of carbonyl (C=O) groups excluding carboxylic acids is 1. The fourth-order valence-corrected chi connectivity index (χ4v) is 2.66. The molecule has 0 aliphatic carbocycles. The molecule has 0 atom stereocenters. The van der Waals surface area contributed by atoms with Crippen LogP contribution in [0.1, 0.15) is 16.1 Å². The third kappa shape index (κ3) is 2.29. The minimum Gasteiger partial charge on any atom is -0.339 e. The Kier molecular flexibility index (Phi) is 3.22. The SMILES string of the molecule is Cc1c(C(=O)Nc2cccc(F)c2)n(C)c2ccccc12. The van der Waals surface area contributed by atoms with Crippen molar-refractivity contribution in [3.63, 3.8) is 0 Å². The van der Waals surface area contributed by atoms with E-state index in [1.54, 1.807) is 12.1 Å². The van der Waals surface area contributed by atoms with Gasteiger partial charge in [-0.1, -0.05) is 24.3 Å². The van der Waals surface area contributed by atoms with Crippen LogP contribution in [0.15, 0.2) is 48.5 Å². The molecule has 0 saturated carbocycles. The Labute approximate surface area is 122 Å². The molecule has 1 amide bonds. The number of amides is 1. The highest BCUT2D eigenvalue weighted by Crippen LogP contribution is 2.25. The van der Waals surface area contributed by atoms with Gasteiger partial charge in [-0.3, -0.25) is 4.79 Å². The third-order valence-electron chi connectivity index (χ3n) is 3.66. The molecule has 0 bridgehead atoms. The van der Waals surface area contributed by atoms with E-state index >= 15 is 0 Å². The van der Waals surface area contributed by atoms with E-state index in [2.05, 4.69) is 5.32 Å². The maximum absolute atomic E-state index is 13.2. The largest absolute Gasteiger partial charge is 0.339 e. The molecule has 0 aliphatic heterocycles. The van der Waals surface area contributed by atoms with Gasteiger partial charge in [0.15, 0.2) is 0 Å². The molecule has 1 N–H and O–H groups in total. The first-order valence-corrected chi connectivity index (χ1v) is 6.69. The van der Waals surface area contributed by atoms with Gasteiger partial charge in [0, 0.05) is 23.6 Å². The summed E-state index contributed by atoms with van der Waals surface area (Å²) in [7, 11) is 1.86. The monoisotopic (exact) mass is 282 g/mol. The summed E-state index contributed by atoms with van der Waals surface area (Å²) in [6, 6.07) is 13.7. The standard InChI is InChI=1S/C17H15FN2O/c1-11-14-8-3-4-9-15(14)20(2)16(11)17(21)19-13-7-5-6-12(18)10-13/h3-10H,1-2H3,(H,19,21). The zero-order valence-corrected chi connectivity index (χ0v) is 11.9. The zero-order chi connectivity index (χ0) is 15.0. The lowest BCUT2D eigenvalue weighted by Crippen LogP contribution is -2.16. The number of nitrogens with one attached hydrogen (secondary N) is 1. The van der Waals surface area contributed by atoms with Gasteiger partial charge < -0.3 is 9.88 Å². The summed E-state index contributed by atoms with van der Waals surface area (Å²) in [5.74, 6) is -0.613. The normalized spacial score (nSPS) is 10.8. The Morgan fingerprint density at radius 1 is 1.14 bits per heavy atom. The molecule has 3 nitrogen and oxygen atoms in total. The number of aryl methyl sites for hydroxylation is 2. The molecule has 0 spiro atoms. The Balaban J connectivity index is 2.02. The minimum atomic E-state index is -0.374. The number of hydrogen-bond acceptors (Lipinski definition) is 1. The van der Waals surface area contributed by atoms with Crippen LogP contribution in [0.4, 0.5) is 10.1 Å². The molecule has 106 valence electrons. The Hall–Kier alpha value is -2.62. The summed E-state index contributed by atoms with van der Waals surface area (Å²) in [5, 5.41) is 3.79. The van der Waals surface area contributed by atoms with Crippen LogP contribution in [0.5, 0.6) is 0 Å². The van der Waals surface area contributed by atoms with E-state index in [0.29, 0.717) is 11.4 Å². The molecule has 3 rings (SSSR count). The van der Waals surface area contributed by atoms with Crippen molar-refractivity contribution in [1.29, 1.82) is 0 Å². The summed E-state index contributed by atoms with van der Waals surface area (Å²) >= 11 is 0. The van der Waals surface area contributed by atoms with Crippen LogP contribution in [0, 0.1) is 12.7 Å². The van der Waals surface area contributed by atoms with Crippen molar-refractivity contribution in [2.24, 2.45) is 7.05 Å². The van der Waals surface area contributed by atoms with Gasteiger partial charge in [0.05, 0.1) is 0 Å². The van der Waals surface area contributed by atoms with E-state index in [4.69, 9.17) is 0 Å². The quantitative estimate of drug-likeness (QED) is 0.760. The second-order valence-corrected chi connectivity index (χ2v) is 5.01. The molecule has 3 aromatic rings. The lowest BCUT2D eigenvalue weighted by atomic mass is 10.1. The predicted octanol–water partition coefficient (Wildman–Crippen LogP) is 3.88. The van der Waals surface area contributed by atoms with Crippen LogP contribution in [0.3, 0.4) is 0 Å². The van der Waals surface area contributed by atoms with E-state index in [9.17, 15) is 9.18 Å². The molecule has 0 fully saturated rings. The van der Waals surface area contributed by atoms with Crippen LogP contribution >= 0.6 is 0 Å². The third-order valence-corrected chi connectivity index (χ3v) is 3.66.